The van der Waals surface area contributed by atoms with Crippen molar-refractivity contribution in [1.82, 2.24) is 10.2 Å². The molecule has 1 aliphatic rings. The van der Waals surface area contributed by atoms with Gasteiger partial charge in [-0.2, -0.15) is 30.7 Å². The van der Waals surface area contributed by atoms with E-state index < -0.39 is 30.5 Å². The Kier molecular flexibility index (Phi) is 6.02. The van der Waals surface area contributed by atoms with Gasteiger partial charge in [0.2, 0.25) is 0 Å². The fourth-order valence-corrected chi connectivity index (χ4v) is 1.76. The van der Waals surface area contributed by atoms with Gasteiger partial charge >= 0.3 is 18.0 Å². The van der Waals surface area contributed by atoms with E-state index in [1.165, 1.54) is 5.32 Å². The summed E-state index contributed by atoms with van der Waals surface area (Å²) >= 11 is 0. The molecule has 0 atom stereocenters. The molecule has 0 aromatic rings. The summed E-state index contributed by atoms with van der Waals surface area (Å²) < 4.78 is 91.9. The highest BCUT2D eigenvalue weighted by molar-refractivity contribution is 5.84. The van der Waals surface area contributed by atoms with Crippen molar-refractivity contribution in [2.45, 2.75) is 24.4 Å². The van der Waals surface area contributed by atoms with Crippen LogP contribution < -0.4 is 5.32 Å². The fraction of sp³-hybridized carbons (Fsp3) is 0.909. The number of hydrogen-bond donors (Lipinski definition) is 1. The summed E-state index contributed by atoms with van der Waals surface area (Å²) in [6, 6.07) is 0. The Morgan fingerprint density at radius 1 is 1.05 bits per heavy atom. The lowest BCUT2D eigenvalue weighted by atomic mass is 10.1. The summed E-state index contributed by atoms with van der Waals surface area (Å²) in [5.41, 5.74) is 0. The Morgan fingerprint density at radius 3 is 2.09 bits per heavy atom. The van der Waals surface area contributed by atoms with E-state index in [9.17, 15) is 35.5 Å². The third-order valence-electron chi connectivity index (χ3n) is 3.08. The average molecular weight is 340 g/mol. The molecule has 1 aliphatic heterocycles. The predicted octanol–water partition coefficient (Wildman–Crippen LogP) is 1.66. The second-order valence-electron chi connectivity index (χ2n) is 4.71. The number of ether oxygens (including phenoxy) is 1. The Balaban J connectivity index is 2.43. The molecule has 0 aromatic heterocycles. The number of nitrogens with one attached hydrogen (secondary N) is 1. The van der Waals surface area contributed by atoms with Crippen LogP contribution in [-0.2, 0) is 9.53 Å². The lowest BCUT2D eigenvalue weighted by molar-refractivity contribution is -0.344. The Hall–Kier alpha value is -1.10. The molecule has 0 aliphatic carbocycles. The molecule has 1 heterocycles. The molecule has 1 saturated heterocycles. The molecule has 0 unspecified atom stereocenters. The largest absolute Gasteiger partial charge is 0.460 e. The molecule has 1 N–H and O–H groups in total. The highest BCUT2D eigenvalue weighted by Crippen LogP contribution is 2.46. The Bertz CT molecular complexity index is 381. The first-order valence-electron chi connectivity index (χ1n) is 6.41. The van der Waals surface area contributed by atoms with Crippen LogP contribution in [-0.4, -0.2) is 68.2 Å². The number of nitrogens with zero attached hydrogens (tertiary/aromatic N) is 1. The molecule has 0 bridgehead atoms. The van der Waals surface area contributed by atoms with Crippen molar-refractivity contribution in [3.05, 3.63) is 0 Å². The first-order chi connectivity index (χ1) is 10.00. The topological polar surface area (TPSA) is 41.6 Å². The monoisotopic (exact) mass is 340 g/mol. The van der Waals surface area contributed by atoms with Gasteiger partial charge in [-0.3, -0.25) is 9.69 Å². The summed E-state index contributed by atoms with van der Waals surface area (Å²) in [7, 11) is 0. The predicted molar refractivity (Wildman–Crippen MR) is 60.8 cm³/mol. The van der Waals surface area contributed by atoms with Gasteiger partial charge in [0, 0.05) is 19.6 Å². The molecule has 0 saturated carbocycles. The van der Waals surface area contributed by atoms with Crippen LogP contribution in [0.1, 0.15) is 6.42 Å². The number of amides is 1. The maximum atomic E-state index is 13.0. The van der Waals surface area contributed by atoms with E-state index in [-0.39, 0.29) is 6.42 Å². The van der Waals surface area contributed by atoms with Gasteiger partial charge in [-0.15, -0.1) is 0 Å². The first kappa shape index (κ1) is 18.9. The fourth-order valence-electron chi connectivity index (χ4n) is 1.76. The first-order valence-corrected chi connectivity index (χ1v) is 6.41. The summed E-state index contributed by atoms with van der Waals surface area (Å²) in [5.74, 6) is -14.9. The minimum Gasteiger partial charge on any atom is -0.379 e. The van der Waals surface area contributed by atoms with E-state index >= 15 is 0 Å². The van der Waals surface area contributed by atoms with Crippen molar-refractivity contribution < 1.29 is 40.3 Å². The average Bonchev–Trinajstić information content (AvgIpc) is 2.43. The summed E-state index contributed by atoms with van der Waals surface area (Å²) in [5, 5.41) is 1.41. The summed E-state index contributed by atoms with van der Waals surface area (Å²) in [4.78, 5) is 12.8. The molecule has 4 nitrogen and oxygen atoms in total. The van der Waals surface area contributed by atoms with E-state index in [0.717, 1.165) is 0 Å². The molecular formula is C11H15F7N2O2. The molecule has 130 valence electrons. The van der Waals surface area contributed by atoms with E-state index in [0.29, 0.717) is 32.8 Å². The van der Waals surface area contributed by atoms with Crippen molar-refractivity contribution >= 4 is 5.91 Å². The SMILES string of the molecule is O=C(NCCCN1CCOCC1)C(F)(F)C(F)(F)C(F)(F)F. The number of hydrogen-bond acceptors (Lipinski definition) is 3. The molecule has 0 radical (unpaired) electrons. The van der Waals surface area contributed by atoms with Gasteiger partial charge in [-0.05, 0) is 13.0 Å². The highest BCUT2D eigenvalue weighted by atomic mass is 19.4. The van der Waals surface area contributed by atoms with Crippen molar-refractivity contribution in [1.29, 1.82) is 0 Å². The van der Waals surface area contributed by atoms with Crippen molar-refractivity contribution in [2.75, 3.05) is 39.4 Å². The van der Waals surface area contributed by atoms with Crippen LogP contribution in [0, 0.1) is 0 Å². The van der Waals surface area contributed by atoms with Crippen LogP contribution in [0.25, 0.3) is 0 Å². The number of alkyl halides is 7. The van der Waals surface area contributed by atoms with Crippen LogP contribution in [0.15, 0.2) is 0 Å². The maximum absolute atomic E-state index is 13.0. The molecule has 0 spiro atoms. The van der Waals surface area contributed by atoms with Crippen LogP contribution in [0.5, 0.6) is 0 Å². The minimum atomic E-state index is -6.51. The molecule has 1 fully saturated rings. The Morgan fingerprint density at radius 2 is 1.59 bits per heavy atom. The molecule has 11 heteroatoms. The Labute approximate surface area is 121 Å². The van der Waals surface area contributed by atoms with Crippen molar-refractivity contribution in [3.8, 4) is 0 Å². The van der Waals surface area contributed by atoms with Crippen LogP contribution in [0.2, 0.25) is 0 Å². The van der Waals surface area contributed by atoms with Gasteiger partial charge in [-0.1, -0.05) is 0 Å². The quantitative estimate of drug-likeness (QED) is 0.591. The third kappa shape index (κ3) is 4.22. The van der Waals surface area contributed by atoms with Crippen LogP contribution >= 0.6 is 0 Å². The zero-order valence-electron chi connectivity index (χ0n) is 11.4. The maximum Gasteiger partial charge on any atom is 0.460 e. The van der Waals surface area contributed by atoms with Gasteiger partial charge in [0.1, 0.15) is 0 Å². The lowest BCUT2D eigenvalue weighted by Gasteiger charge is -2.28. The molecule has 1 rings (SSSR count). The van der Waals surface area contributed by atoms with Gasteiger partial charge < -0.3 is 10.1 Å². The lowest BCUT2D eigenvalue weighted by Crippen LogP contribution is -2.59. The zero-order valence-corrected chi connectivity index (χ0v) is 11.4. The van der Waals surface area contributed by atoms with E-state index in [2.05, 4.69) is 0 Å². The van der Waals surface area contributed by atoms with E-state index in [4.69, 9.17) is 4.74 Å². The third-order valence-corrected chi connectivity index (χ3v) is 3.08. The zero-order chi connectivity index (χ0) is 17.0. The van der Waals surface area contributed by atoms with Gasteiger partial charge in [-0.25, -0.2) is 0 Å². The molecule has 1 amide bonds. The number of morpholine rings is 1. The van der Waals surface area contributed by atoms with Crippen LogP contribution in [0.3, 0.4) is 0 Å². The molecular weight excluding hydrogens is 325 g/mol. The minimum absolute atomic E-state index is 0.138. The molecule has 22 heavy (non-hydrogen) atoms. The number of halogens is 7. The van der Waals surface area contributed by atoms with Gasteiger partial charge in [0.05, 0.1) is 13.2 Å². The molecule has 0 aromatic carbocycles. The normalized spacial score (nSPS) is 18.3. The van der Waals surface area contributed by atoms with Gasteiger partial charge in [0.15, 0.2) is 0 Å². The number of carbonyl (C=O) groups is 1. The second kappa shape index (κ2) is 6.99. The number of carbonyl (C=O) groups excluding carboxylic acids is 1. The van der Waals surface area contributed by atoms with Crippen molar-refractivity contribution in [3.63, 3.8) is 0 Å². The van der Waals surface area contributed by atoms with E-state index in [1.54, 1.807) is 0 Å². The van der Waals surface area contributed by atoms with Crippen molar-refractivity contribution in [2.24, 2.45) is 0 Å². The highest BCUT2D eigenvalue weighted by Gasteiger charge is 2.76. The van der Waals surface area contributed by atoms with Crippen LogP contribution in [0.4, 0.5) is 30.7 Å². The number of rotatable bonds is 6. The smallest absolute Gasteiger partial charge is 0.379 e. The van der Waals surface area contributed by atoms with E-state index in [1.807, 2.05) is 4.90 Å². The summed E-state index contributed by atoms with van der Waals surface area (Å²) in [6.07, 6.45) is -6.37. The summed E-state index contributed by atoms with van der Waals surface area (Å²) in [6.45, 7) is 2.11. The van der Waals surface area contributed by atoms with Gasteiger partial charge in [0.25, 0.3) is 5.91 Å². The standard InChI is InChI=1S/C11H15F7N2O2/c12-9(13,10(14,15)11(16,17)18)8(21)19-2-1-3-20-4-6-22-7-5-20/h1-7H2,(H,19,21). The second-order valence-corrected chi connectivity index (χ2v) is 4.71.